The Bertz CT molecular complexity index is 486. The minimum Gasteiger partial charge on any atom is -0.393 e. The fourth-order valence-electron chi connectivity index (χ4n) is 7.53. The highest BCUT2D eigenvalue weighted by Gasteiger charge is 2.64. The lowest BCUT2D eigenvalue weighted by Gasteiger charge is -2.67. The Labute approximate surface area is 135 Å². The lowest BCUT2D eigenvalue weighted by atomic mass is 9.37. The van der Waals surface area contributed by atoms with Crippen molar-refractivity contribution in [3.63, 3.8) is 0 Å². The van der Waals surface area contributed by atoms with Gasteiger partial charge in [0.05, 0.1) is 6.10 Å². The Morgan fingerprint density at radius 1 is 1.05 bits per heavy atom. The van der Waals surface area contributed by atoms with Crippen molar-refractivity contribution in [3.8, 4) is 0 Å². The molecule has 2 nitrogen and oxygen atoms in total. The average Bonchev–Trinajstić information content (AvgIpc) is 2.44. The number of hydrogen-bond acceptors (Lipinski definition) is 2. The maximum absolute atomic E-state index is 11.9. The Morgan fingerprint density at radius 3 is 2.55 bits per heavy atom. The van der Waals surface area contributed by atoms with Crippen molar-refractivity contribution in [2.24, 2.45) is 40.4 Å². The summed E-state index contributed by atoms with van der Waals surface area (Å²) in [6, 6.07) is 0. The Hall–Kier alpha value is -0.370. The number of hydrogen-bond donors (Lipinski definition) is 1. The average molecular weight is 304 g/mol. The second-order valence-electron chi connectivity index (χ2n) is 9.41. The molecular formula is C20H32O2. The van der Waals surface area contributed by atoms with Gasteiger partial charge in [-0.25, -0.2) is 0 Å². The summed E-state index contributed by atoms with van der Waals surface area (Å²) >= 11 is 0. The molecule has 0 aromatic rings. The molecule has 0 spiro atoms. The van der Waals surface area contributed by atoms with Gasteiger partial charge in [-0.1, -0.05) is 20.3 Å². The molecule has 0 heterocycles. The molecule has 2 heteroatoms. The second kappa shape index (κ2) is 4.82. The lowest BCUT2D eigenvalue weighted by Crippen LogP contribution is -2.63. The van der Waals surface area contributed by atoms with E-state index >= 15 is 0 Å². The Kier molecular flexibility index (Phi) is 3.32. The van der Waals surface area contributed by atoms with Crippen LogP contribution in [0.2, 0.25) is 0 Å². The van der Waals surface area contributed by atoms with Gasteiger partial charge >= 0.3 is 0 Å². The predicted octanol–water partition coefficient (Wildman–Crippen LogP) is 4.21. The van der Waals surface area contributed by atoms with E-state index in [1.165, 1.54) is 38.5 Å². The van der Waals surface area contributed by atoms with Crippen molar-refractivity contribution in [1.82, 2.24) is 0 Å². The molecule has 4 fully saturated rings. The number of fused-ring (bicyclic) bond motifs is 5. The number of carbonyl (C=O) groups excluding carboxylic acids is 1. The molecule has 4 aliphatic carbocycles. The van der Waals surface area contributed by atoms with E-state index in [-0.39, 0.29) is 16.9 Å². The van der Waals surface area contributed by atoms with E-state index < -0.39 is 0 Å². The van der Waals surface area contributed by atoms with Crippen LogP contribution < -0.4 is 0 Å². The molecule has 4 aliphatic rings. The number of ketones is 1. The molecule has 0 aliphatic heterocycles. The van der Waals surface area contributed by atoms with E-state index in [0.717, 1.165) is 30.6 Å². The molecule has 124 valence electrons. The Morgan fingerprint density at radius 2 is 1.82 bits per heavy atom. The van der Waals surface area contributed by atoms with Crippen molar-refractivity contribution in [1.29, 1.82) is 0 Å². The van der Waals surface area contributed by atoms with Gasteiger partial charge in [-0.15, -0.1) is 0 Å². The van der Waals surface area contributed by atoms with Gasteiger partial charge in [0.15, 0.2) is 0 Å². The summed E-state index contributed by atoms with van der Waals surface area (Å²) in [5, 5.41) is 10.8. The highest BCUT2D eigenvalue weighted by Crippen LogP contribution is 2.69. The highest BCUT2D eigenvalue weighted by molar-refractivity contribution is 5.80. The van der Waals surface area contributed by atoms with Crippen LogP contribution in [0.1, 0.15) is 72.1 Å². The fraction of sp³-hybridized carbons (Fsp3) is 0.950. The quantitative estimate of drug-likeness (QED) is 0.788. The molecule has 8 atom stereocenters. The van der Waals surface area contributed by atoms with Gasteiger partial charge in [-0.3, -0.25) is 4.79 Å². The molecule has 4 rings (SSSR count). The van der Waals surface area contributed by atoms with Gasteiger partial charge in [0.2, 0.25) is 0 Å². The predicted molar refractivity (Wildman–Crippen MR) is 87.3 cm³/mol. The molecule has 0 amide bonds. The van der Waals surface area contributed by atoms with Gasteiger partial charge in [0.25, 0.3) is 0 Å². The molecule has 0 aromatic heterocycles. The third-order valence-electron chi connectivity index (χ3n) is 8.93. The summed E-state index contributed by atoms with van der Waals surface area (Å²) in [7, 11) is 0. The first kappa shape index (κ1) is 15.2. The standard InChI is InChI=1S/C20H32O2/c1-12(21)16-11-17-14-8-7-13-5-4-6-18(22)20(13,3)15(14)9-10-19(16,17)2/h13-18,22H,4-11H2,1-3H3. The zero-order valence-electron chi connectivity index (χ0n) is 14.5. The van der Waals surface area contributed by atoms with Crippen LogP contribution in [-0.2, 0) is 4.79 Å². The third-order valence-corrected chi connectivity index (χ3v) is 8.93. The first-order valence-corrected chi connectivity index (χ1v) is 9.57. The summed E-state index contributed by atoms with van der Waals surface area (Å²) in [6.07, 6.45) is 9.70. The topological polar surface area (TPSA) is 37.3 Å². The second-order valence-corrected chi connectivity index (χ2v) is 9.41. The lowest BCUT2D eigenvalue weighted by molar-refractivity contribution is -0.205. The van der Waals surface area contributed by atoms with Crippen LogP contribution in [0.25, 0.3) is 0 Å². The van der Waals surface area contributed by atoms with Crippen LogP contribution in [0, 0.1) is 40.4 Å². The number of Topliss-reactive ketones (excluding diaryl/α,β-unsaturated/α-hetero) is 1. The first-order valence-electron chi connectivity index (χ1n) is 9.57. The monoisotopic (exact) mass is 304 g/mol. The molecule has 22 heavy (non-hydrogen) atoms. The van der Waals surface area contributed by atoms with Gasteiger partial charge in [-0.05, 0) is 86.4 Å². The zero-order chi connectivity index (χ0) is 15.7. The van der Waals surface area contributed by atoms with Crippen LogP contribution in [0.5, 0.6) is 0 Å². The van der Waals surface area contributed by atoms with Crippen molar-refractivity contribution >= 4 is 5.78 Å². The number of carbonyl (C=O) groups is 1. The minimum absolute atomic E-state index is 0.0907. The summed E-state index contributed by atoms with van der Waals surface area (Å²) in [5.41, 5.74) is 0.430. The van der Waals surface area contributed by atoms with Crippen LogP contribution in [0.15, 0.2) is 0 Å². The van der Waals surface area contributed by atoms with E-state index in [9.17, 15) is 9.90 Å². The van der Waals surface area contributed by atoms with E-state index in [0.29, 0.717) is 17.6 Å². The van der Waals surface area contributed by atoms with Crippen molar-refractivity contribution in [2.45, 2.75) is 78.2 Å². The largest absolute Gasteiger partial charge is 0.393 e. The van der Waals surface area contributed by atoms with Gasteiger partial charge in [0, 0.05) is 5.92 Å². The third kappa shape index (κ3) is 1.74. The van der Waals surface area contributed by atoms with Crippen LogP contribution in [-0.4, -0.2) is 17.0 Å². The van der Waals surface area contributed by atoms with E-state index in [1.807, 2.05) is 0 Å². The maximum Gasteiger partial charge on any atom is 0.133 e. The summed E-state index contributed by atoms with van der Waals surface area (Å²) in [5.74, 6) is 3.68. The number of aliphatic hydroxyl groups is 1. The van der Waals surface area contributed by atoms with Crippen molar-refractivity contribution < 1.29 is 9.90 Å². The summed E-state index contributed by atoms with van der Waals surface area (Å²) in [4.78, 5) is 11.9. The molecule has 0 saturated heterocycles. The molecule has 8 unspecified atom stereocenters. The van der Waals surface area contributed by atoms with Crippen molar-refractivity contribution in [3.05, 3.63) is 0 Å². The highest BCUT2D eigenvalue weighted by atomic mass is 16.3. The first-order chi connectivity index (χ1) is 10.4. The molecule has 0 aromatic carbocycles. The Balaban J connectivity index is 1.62. The van der Waals surface area contributed by atoms with Crippen LogP contribution in [0.4, 0.5) is 0 Å². The van der Waals surface area contributed by atoms with Gasteiger partial charge < -0.3 is 5.11 Å². The maximum atomic E-state index is 11.9. The van der Waals surface area contributed by atoms with Crippen LogP contribution in [0.3, 0.4) is 0 Å². The molecule has 0 bridgehead atoms. The molecule has 4 saturated carbocycles. The summed E-state index contributed by atoms with van der Waals surface area (Å²) in [6.45, 7) is 6.58. The zero-order valence-corrected chi connectivity index (χ0v) is 14.5. The normalized spacial score (nSPS) is 57.1. The SMILES string of the molecule is CC(=O)C1CC2C3CCC4CCCC(O)C4(C)C3CCC12C. The molecule has 0 radical (unpaired) electrons. The number of aliphatic hydroxyl groups excluding tert-OH is 1. The van der Waals surface area contributed by atoms with E-state index in [2.05, 4.69) is 13.8 Å². The number of rotatable bonds is 1. The summed E-state index contributed by atoms with van der Waals surface area (Å²) < 4.78 is 0. The molecular weight excluding hydrogens is 272 g/mol. The van der Waals surface area contributed by atoms with Crippen molar-refractivity contribution in [2.75, 3.05) is 0 Å². The van der Waals surface area contributed by atoms with E-state index in [4.69, 9.17) is 0 Å². The van der Waals surface area contributed by atoms with Gasteiger partial charge in [-0.2, -0.15) is 0 Å². The fourth-order valence-corrected chi connectivity index (χ4v) is 7.53. The van der Waals surface area contributed by atoms with Gasteiger partial charge in [0.1, 0.15) is 5.78 Å². The van der Waals surface area contributed by atoms with E-state index in [1.54, 1.807) is 6.92 Å². The van der Waals surface area contributed by atoms with Crippen LogP contribution >= 0.6 is 0 Å². The molecule has 1 N–H and O–H groups in total. The smallest absolute Gasteiger partial charge is 0.133 e. The minimum atomic E-state index is -0.0907.